The van der Waals surface area contributed by atoms with E-state index >= 15 is 0 Å². The van der Waals surface area contributed by atoms with Gasteiger partial charge in [0.2, 0.25) is 0 Å². The van der Waals surface area contributed by atoms with Crippen LogP contribution in [-0.4, -0.2) is 10.8 Å². The number of carbonyl (C=O) groups excluding carboxylic acids is 1. The third-order valence-corrected chi connectivity index (χ3v) is 6.14. The third-order valence-electron chi connectivity index (χ3n) is 6.14. The molecule has 1 fully saturated rings. The number of aromatic amines is 1. The van der Waals surface area contributed by atoms with E-state index in [1.54, 1.807) is 6.08 Å². The summed E-state index contributed by atoms with van der Waals surface area (Å²) < 4.78 is 0. The summed E-state index contributed by atoms with van der Waals surface area (Å²) in [5.74, 6) is 1.16. The molecule has 4 rings (SSSR count). The quantitative estimate of drug-likeness (QED) is 0.515. The zero-order chi connectivity index (χ0) is 18.8. The Morgan fingerprint density at radius 1 is 1.11 bits per heavy atom. The van der Waals surface area contributed by atoms with Crippen LogP contribution in [0.2, 0.25) is 0 Å². The van der Waals surface area contributed by atoms with Gasteiger partial charge < -0.3 is 4.98 Å². The number of nitrogens with one attached hydrogen (secondary N) is 1. The Kier molecular flexibility index (Phi) is 4.98. The number of aryl methyl sites for hydroxylation is 1. The van der Waals surface area contributed by atoms with Gasteiger partial charge in [0.25, 0.3) is 0 Å². The molecule has 1 aliphatic carbocycles. The molecule has 2 aromatic carbocycles. The van der Waals surface area contributed by atoms with Crippen LogP contribution in [0.3, 0.4) is 0 Å². The first-order valence-electron chi connectivity index (χ1n) is 9.98. The molecule has 1 saturated carbocycles. The van der Waals surface area contributed by atoms with E-state index in [-0.39, 0.29) is 5.92 Å². The van der Waals surface area contributed by atoms with Gasteiger partial charge in [-0.2, -0.15) is 0 Å². The molecule has 0 saturated heterocycles. The van der Waals surface area contributed by atoms with Gasteiger partial charge in [-0.15, -0.1) is 6.58 Å². The molecule has 1 heterocycles. The van der Waals surface area contributed by atoms with E-state index in [2.05, 4.69) is 67.0 Å². The minimum Gasteiger partial charge on any atom is -0.354 e. The first kappa shape index (κ1) is 17.8. The van der Waals surface area contributed by atoms with Crippen molar-refractivity contribution >= 4 is 16.7 Å². The fourth-order valence-electron chi connectivity index (χ4n) is 4.58. The summed E-state index contributed by atoms with van der Waals surface area (Å²) >= 11 is 0. The van der Waals surface area contributed by atoms with Crippen molar-refractivity contribution in [3.63, 3.8) is 0 Å². The molecular formula is C25H27NO. The molecule has 0 spiro atoms. The number of ketones is 1. The van der Waals surface area contributed by atoms with Gasteiger partial charge in [0, 0.05) is 28.9 Å². The monoisotopic (exact) mass is 357 g/mol. The molecule has 1 aliphatic rings. The lowest BCUT2D eigenvalue weighted by Crippen LogP contribution is -2.20. The Morgan fingerprint density at radius 2 is 1.89 bits per heavy atom. The summed E-state index contributed by atoms with van der Waals surface area (Å²) in [6.45, 7) is 5.89. The lowest BCUT2D eigenvalue weighted by atomic mass is 9.76. The van der Waals surface area contributed by atoms with Crippen LogP contribution in [0.25, 0.3) is 22.2 Å². The van der Waals surface area contributed by atoms with Crippen molar-refractivity contribution in [3.8, 4) is 11.3 Å². The standard InChI is InChI=1S/C25H27NO/c1-3-7-24(27)19-14-12-18(13-15-19)20-8-6-9-21(16-20)25-17(2)22-10-4-5-11-23(22)26-25/h3-6,8-11,16,18-19,26H,1,7,12-15H2,2H3. The Bertz CT molecular complexity index is 973. The van der Waals surface area contributed by atoms with E-state index in [0.29, 0.717) is 18.1 Å². The number of aromatic nitrogens is 1. The number of hydrogen-bond donors (Lipinski definition) is 1. The highest BCUT2D eigenvalue weighted by molar-refractivity contribution is 5.90. The Hall–Kier alpha value is -2.61. The van der Waals surface area contributed by atoms with Gasteiger partial charge >= 0.3 is 0 Å². The van der Waals surface area contributed by atoms with Crippen LogP contribution in [0.5, 0.6) is 0 Å². The molecule has 0 unspecified atom stereocenters. The normalized spacial score (nSPS) is 19.9. The molecule has 2 heteroatoms. The summed E-state index contributed by atoms with van der Waals surface area (Å²) in [5.41, 5.74) is 6.37. The van der Waals surface area contributed by atoms with E-state index in [9.17, 15) is 4.79 Å². The van der Waals surface area contributed by atoms with Crippen molar-refractivity contribution in [2.45, 2.75) is 44.9 Å². The Morgan fingerprint density at radius 3 is 2.63 bits per heavy atom. The van der Waals surface area contributed by atoms with Gasteiger partial charge in [0.15, 0.2) is 0 Å². The van der Waals surface area contributed by atoms with E-state index in [1.807, 2.05) is 0 Å². The van der Waals surface area contributed by atoms with E-state index in [4.69, 9.17) is 0 Å². The highest BCUT2D eigenvalue weighted by Crippen LogP contribution is 2.38. The Labute approximate surface area is 161 Å². The lowest BCUT2D eigenvalue weighted by molar-refractivity contribution is -0.123. The number of carbonyl (C=O) groups is 1. The van der Waals surface area contributed by atoms with Crippen molar-refractivity contribution in [2.75, 3.05) is 0 Å². The molecule has 2 nitrogen and oxygen atoms in total. The SMILES string of the molecule is C=CCC(=O)C1CCC(c2cccc(-c3[nH]c4ccccc4c3C)c2)CC1. The number of hydrogen-bond acceptors (Lipinski definition) is 1. The highest BCUT2D eigenvalue weighted by atomic mass is 16.1. The average molecular weight is 357 g/mol. The minimum absolute atomic E-state index is 0.235. The first-order valence-corrected chi connectivity index (χ1v) is 9.98. The summed E-state index contributed by atoms with van der Waals surface area (Å²) in [6.07, 6.45) is 6.47. The number of Topliss-reactive ketones (excluding diaryl/α,β-unsaturated/α-hetero) is 1. The second-order valence-corrected chi connectivity index (χ2v) is 7.80. The summed E-state index contributed by atoms with van der Waals surface area (Å²) in [4.78, 5) is 15.7. The van der Waals surface area contributed by atoms with E-state index in [1.165, 1.54) is 33.3 Å². The maximum absolute atomic E-state index is 12.1. The van der Waals surface area contributed by atoms with Crippen LogP contribution in [0.4, 0.5) is 0 Å². The first-order chi connectivity index (χ1) is 13.2. The maximum atomic E-state index is 12.1. The maximum Gasteiger partial charge on any atom is 0.139 e. The van der Waals surface area contributed by atoms with Crippen molar-refractivity contribution in [1.29, 1.82) is 0 Å². The predicted octanol–water partition coefficient (Wildman–Crippen LogP) is 6.56. The molecule has 27 heavy (non-hydrogen) atoms. The summed E-state index contributed by atoms with van der Waals surface area (Å²) in [7, 11) is 0. The van der Waals surface area contributed by atoms with E-state index in [0.717, 1.165) is 25.7 Å². The Balaban J connectivity index is 1.56. The minimum atomic E-state index is 0.235. The van der Waals surface area contributed by atoms with Crippen LogP contribution in [0.1, 0.15) is 49.1 Å². The fourth-order valence-corrected chi connectivity index (χ4v) is 4.58. The number of benzene rings is 2. The predicted molar refractivity (Wildman–Crippen MR) is 113 cm³/mol. The van der Waals surface area contributed by atoms with Crippen LogP contribution in [-0.2, 0) is 4.79 Å². The zero-order valence-corrected chi connectivity index (χ0v) is 16.0. The third kappa shape index (κ3) is 3.49. The highest BCUT2D eigenvalue weighted by Gasteiger charge is 2.26. The molecule has 1 N–H and O–H groups in total. The van der Waals surface area contributed by atoms with Crippen molar-refractivity contribution in [2.24, 2.45) is 5.92 Å². The molecule has 0 atom stereocenters. The number of rotatable bonds is 5. The fraction of sp³-hybridized carbons (Fsp3) is 0.320. The summed E-state index contributed by atoms with van der Waals surface area (Å²) in [6, 6.07) is 17.4. The summed E-state index contributed by atoms with van der Waals surface area (Å²) in [5, 5.41) is 1.29. The van der Waals surface area contributed by atoms with Crippen LogP contribution in [0.15, 0.2) is 61.2 Å². The average Bonchev–Trinajstić information content (AvgIpc) is 3.05. The second kappa shape index (κ2) is 7.56. The molecule has 0 radical (unpaired) electrons. The van der Waals surface area contributed by atoms with Crippen molar-refractivity contribution in [3.05, 3.63) is 72.3 Å². The number of fused-ring (bicyclic) bond motifs is 1. The molecule has 1 aromatic heterocycles. The lowest BCUT2D eigenvalue weighted by Gasteiger charge is -2.28. The van der Waals surface area contributed by atoms with Gasteiger partial charge in [-0.1, -0.05) is 42.5 Å². The zero-order valence-electron chi connectivity index (χ0n) is 16.0. The van der Waals surface area contributed by atoms with Gasteiger partial charge in [-0.3, -0.25) is 4.79 Å². The van der Waals surface area contributed by atoms with Gasteiger partial charge in [-0.05, 0) is 67.3 Å². The van der Waals surface area contributed by atoms with Crippen LogP contribution in [0, 0.1) is 12.8 Å². The van der Waals surface area contributed by atoms with Crippen molar-refractivity contribution < 1.29 is 4.79 Å². The molecule has 0 bridgehead atoms. The van der Waals surface area contributed by atoms with E-state index < -0.39 is 0 Å². The van der Waals surface area contributed by atoms with Crippen LogP contribution >= 0.6 is 0 Å². The van der Waals surface area contributed by atoms with Gasteiger partial charge in [0.05, 0.1) is 0 Å². The molecular weight excluding hydrogens is 330 g/mol. The smallest absolute Gasteiger partial charge is 0.139 e. The number of para-hydroxylation sites is 1. The molecule has 3 aromatic rings. The molecule has 0 aliphatic heterocycles. The molecule has 0 amide bonds. The van der Waals surface area contributed by atoms with Crippen LogP contribution < -0.4 is 0 Å². The van der Waals surface area contributed by atoms with Gasteiger partial charge in [0.1, 0.15) is 5.78 Å². The number of H-pyrrole nitrogens is 1. The van der Waals surface area contributed by atoms with Crippen molar-refractivity contribution in [1.82, 2.24) is 4.98 Å². The number of allylic oxidation sites excluding steroid dienone is 1. The topological polar surface area (TPSA) is 32.9 Å². The molecule has 138 valence electrons. The largest absolute Gasteiger partial charge is 0.354 e. The second-order valence-electron chi connectivity index (χ2n) is 7.80. The van der Waals surface area contributed by atoms with Gasteiger partial charge in [-0.25, -0.2) is 0 Å².